The molecule has 3 N–H and O–H groups in total. The number of nitrogens with two attached hydrogens (primary N) is 1. The fourth-order valence-corrected chi connectivity index (χ4v) is 3.54. The van der Waals surface area contributed by atoms with E-state index in [0.29, 0.717) is 18.0 Å². The van der Waals surface area contributed by atoms with Gasteiger partial charge in [-0.1, -0.05) is 0 Å². The van der Waals surface area contributed by atoms with E-state index in [1.807, 2.05) is 6.07 Å². The van der Waals surface area contributed by atoms with Gasteiger partial charge in [-0.05, 0) is 50.8 Å². The van der Waals surface area contributed by atoms with Crippen molar-refractivity contribution in [3.8, 4) is 5.75 Å². The van der Waals surface area contributed by atoms with Crippen LogP contribution < -0.4 is 15.8 Å². The minimum absolute atomic E-state index is 0.0319. The number of ether oxygens (including phenoxy) is 1. The van der Waals surface area contributed by atoms with Crippen LogP contribution in [0.2, 0.25) is 0 Å². The SMILES string of the molecule is COc1cc(NC(=O)CN2CCC(N)CC2)c(Br)cc1Br. The standard InChI is InChI=1S/C14H19Br2N3O2/c1-21-13-7-12(10(15)6-11(13)16)18-14(20)8-19-4-2-9(17)3-5-19/h6-7,9H,2-5,8,17H2,1H3,(H,18,20). The number of methoxy groups -OCH3 is 1. The molecule has 1 aliphatic rings. The number of anilines is 1. The lowest BCUT2D eigenvalue weighted by molar-refractivity contribution is -0.117. The number of nitrogens with one attached hydrogen (secondary N) is 1. The van der Waals surface area contributed by atoms with E-state index < -0.39 is 0 Å². The van der Waals surface area contributed by atoms with Crippen LogP contribution in [-0.4, -0.2) is 43.6 Å². The number of likely N-dealkylation sites (tertiary alicyclic amines) is 1. The summed E-state index contributed by atoms with van der Waals surface area (Å²) in [5.74, 6) is 0.646. The van der Waals surface area contributed by atoms with Gasteiger partial charge < -0.3 is 15.8 Å². The number of benzene rings is 1. The van der Waals surface area contributed by atoms with Crippen LogP contribution in [0, 0.1) is 0 Å². The number of piperidine rings is 1. The molecule has 0 atom stereocenters. The number of nitrogens with zero attached hydrogens (tertiary/aromatic N) is 1. The third-order valence-corrected chi connectivity index (χ3v) is 4.79. The maximum absolute atomic E-state index is 12.1. The topological polar surface area (TPSA) is 67.6 Å². The molecule has 116 valence electrons. The number of amides is 1. The summed E-state index contributed by atoms with van der Waals surface area (Å²) in [5.41, 5.74) is 6.57. The van der Waals surface area contributed by atoms with E-state index in [0.717, 1.165) is 34.9 Å². The summed E-state index contributed by atoms with van der Waals surface area (Å²) in [6, 6.07) is 3.92. The second kappa shape index (κ2) is 7.58. The third-order valence-electron chi connectivity index (χ3n) is 3.52. The van der Waals surface area contributed by atoms with Crippen molar-refractivity contribution in [1.29, 1.82) is 0 Å². The highest BCUT2D eigenvalue weighted by atomic mass is 79.9. The van der Waals surface area contributed by atoms with E-state index in [2.05, 4.69) is 42.1 Å². The Morgan fingerprint density at radius 3 is 2.67 bits per heavy atom. The first-order valence-corrected chi connectivity index (χ1v) is 8.39. The molecule has 1 fully saturated rings. The van der Waals surface area contributed by atoms with Gasteiger partial charge in [-0.25, -0.2) is 0 Å². The third kappa shape index (κ3) is 4.67. The van der Waals surface area contributed by atoms with Crippen LogP contribution >= 0.6 is 31.9 Å². The number of carbonyl (C=O) groups excluding carboxylic acids is 1. The Morgan fingerprint density at radius 2 is 2.05 bits per heavy atom. The van der Waals surface area contributed by atoms with Crippen LogP contribution in [0.1, 0.15) is 12.8 Å². The van der Waals surface area contributed by atoms with Gasteiger partial charge >= 0.3 is 0 Å². The predicted molar refractivity (Wildman–Crippen MR) is 90.7 cm³/mol. The van der Waals surface area contributed by atoms with Crippen molar-refractivity contribution in [2.24, 2.45) is 5.73 Å². The molecule has 0 bridgehead atoms. The first-order chi connectivity index (χ1) is 9.99. The zero-order valence-electron chi connectivity index (χ0n) is 11.9. The highest BCUT2D eigenvalue weighted by Gasteiger charge is 2.19. The lowest BCUT2D eigenvalue weighted by Crippen LogP contribution is -2.43. The Balaban J connectivity index is 1.96. The summed E-state index contributed by atoms with van der Waals surface area (Å²) in [7, 11) is 1.59. The van der Waals surface area contributed by atoms with Gasteiger partial charge in [0, 0.05) is 29.7 Å². The molecule has 1 aromatic rings. The van der Waals surface area contributed by atoms with Crippen LogP contribution in [-0.2, 0) is 4.79 Å². The molecule has 0 saturated carbocycles. The van der Waals surface area contributed by atoms with Crippen molar-refractivity contribution in [1.82, 2.24) is 4.90 Å². The minimum atomic E-state index is -0.0319. The fraction of sp³-hybridized carbons (Fsp3) is 0.500. The van der Waals surface area contributed by atoms with E-state index in [1.54, 1.807) is 13.2 Å². The maximum Gasteiger partial charge on any atom is 0.238 e. The molecule has 1 heterocycles. The molecular formula is C14H19Br2N3O2. The summed E-state index contributed by atoms with van der Waals surface area (Å²) in [6.07, 6.45) is 1.90. The highest BCUT2D eigenvalue weighted by molar-refractivity contribution is 9.11. The first-order valence-electron chi connectivity index (χ1n) is 6.80. The average Bonchev–Trinajstić information content (AvgIpc) is 2.44. The summed E-state index contributed by atoms with van der Waals surface area (Å²) in [4.78, 5) is 14.3. The zero-order chi connectivity index (χ0) is 15.4. The first kappa shape index (κ1) is 16.7. The fourth-order valence-electron chi connectivity index (χ4n) is 2.29. The molecule has 21 heavy (non-hydrogen) atoms. The van der Waals surface area contributed by atoms with Crippen LogP contribution in [0.5, 0.6) is 5.75 Å². The van der Waals surface area contributed by atoms with E-state index in [1.165, 1.54) is 0 Å². The summed E-state index contributed by atoms with van der Waals surface area (Å²) < 4.78 is 6.88. The van der Waals surface area contributed by atoms with Crippen molar-refractivity contribution in [3.05, 3.63) is 21.1 Å². The summed E-state index contributed by atoms with van der Waals surface area (Å²) in [6.45, 7) is 2.14. The molecule has 1 saturated heterocycles. The number of hydrogen-bond donors (Lipinski definition) is 2. The molecule has 1 aliphatic heterocycles. The van der Waals surface area contributed by atoms with E-state index in [-0.39, 0.29) is 11.9 Å². The molecule has 0 aromatic heterocycles. The van der Waals surface area contributed by atoms with Crippen LogP contribution in [0.4, 0.5) is 5.69 Å². The van der Waals surface area contributed by atoms with Crippen LogP contribution in [0.15, 0.2) is 21.1 Å². The van der Waals surface area contributed by atoms with Crippen molar-refractivity contribution in [2.45, 2.75) is 18.9 Å². The van der Waals surface area contributed by atoms with Gasteiger partial charge in [-0.2, -0.15) is 0 Å². The second-order valence-corrected chi connectivity index (χ2v) is 6.84. The average molecular weight is 421 g/mol. The summed E-state index contributed by atoms with van der Waals surface area (Å²) in [5, 5.41) is 2.91. The maximum atomic E-state index is 12.1. The van der Waals surface area contributed by atoms with Gasteiger partial charge in [0.1, 0.15) is 5.75 Å². The number of halogens is 2. The van der Waals surface area contributed by atoms with Crippen molar-refractivity contribution in [2.75, 3.05) is 32.1 Å². The van der Waals surface area contributed by atoms with Gasteiger partial charge in [0.05, 0.1) is 23.8 Å². The van der Waals surface area contributed by atoms with E-state index >= 15 is 0 Å². The molecule has 2 rings (SSSR count). The molecule has 0 spiro atoms. The van der Waals surface area contributed by atoms with Gasteiger partial charge in [-0.3, -0.25) is 9.69 Å². The molecule has 0 radical (unpaired) electrons. The number of hydrogen-bond acceptors (Lipinski definition) is 4. The van der Waals surface area contributed by atoms with Gasteiger partial charge in [-0.15, -0.1) is 0 Å². The summed E-state index contributed by atoms with van der Waals surface area (Å²) >= 11 is 6.85. The quantitative estimate of drug-likeness (QED) is 0.785. The number of carbonyl (C=O) groups is 1. The molecular weight excluding hydrogens is 402 g/mol. The lowest BCUT2D eigenvalue weighted by atomic mass is 10.1. The monoisotopic (exact) mass is 419 g/mol. The van der Waals surface area contributed by atoms with Crippen molar-refractivity contribution < 1.29 is 9.53 Å². The Labute approximate surface area is 141 Å². The van der Waals surface area contributed by atoms with Crippen LogP contribution in [0.3, 0.4) is 0 Å². The zero-order valence-corrected chi connectivity index (χ0v) is 15.0. The Morgan fingerprint density at radius 1 is 1.38 bits per heavy atom. The highest BCUT2D eigenvalue weighted by Crippen LogP contribution is 2.34. The van der Waals surface area contributed by atoms with E-state index in [9.17, 15) is 4.79 Å². The predicted octanol–water partition coefficient (Wildman–Crippen LogP) is 2.58. The smallest absolute Gasteiger partial charge is 0.238 e. The minimum Gasteiger partial charge on any atom is -0.495 e. The molecule has 0 aliphatic carbocycles. The second-order valence-electron chi connectivity index (χ2n) is 5.13. The van der Waals surface area contributed by atoms with E-state index in [4.69, 9.17) is 10.5 Å². The molecule has 1 amide bonds. The van der Waals surface area contributed by atoms with Gasteiger partial charge in [0.2, 0.25) is 5.91 Å². The Kier molecular flexibility index (Phi) is 6.04. The van der Waals surface area contributed by atoms with Crippen molar-refractivity contribution >= 4 is 43.5 Å². The van der Waals surface area contributed by atoms with Gasteiger partial charge in [0.15, 0.2) is 0 Å². The Bertz CT molecular complexity index is 517. The largest absolute Gasteiger partial charge is 0.495 e. The van der Waals surface area contributed by atoms with Crippen LogP contribution in [0.25, 0.3) is 0 Å². The Hall–Kier alpha value is -0.630. The normalized spacial score (nSPS) is 16.8. The molecule has 5 nitrogen and oxygen atoms in total. The van der Waals surface area contributed by atoms with Crippen molar-refractivity contribution in [3.63, 3.8) is 0 Å². The molecule has 7 heteroatoms. The lowest BCUT2D eigenvalue weighted by Gasteiger charge is -2.29. The molecule has 0 unspecified atom stereocenters. The number of rotatable bonds is 4. The molecule has 1 aromatic carbocycles. The van der Waals surface area contributed by atoms with Gasteiger partial charge in [0.25, 0.3) is 0 Å².